The molecular formula is C15H19ClN4O. The minimum absolute atomic E-state index is 0.551. The second-order valence-electron chi connectivity index (χ2n) is 5.04. The summed E-state index contributed by atoms with van der Waals surface area (Å²) in [6.07, 6.45) is 1.52. The topological polar surface area (TPSA) is 59.1 Å². The first-order valence-electron chi connectivity index (χ1n) is 6.75. The molecule has 0 atom stereocenters. The van der Waals surface area contributed by atoms with Gasteiger partial charge in [-0.25, -0.2) is 9.97 Å². The third-order valence-electron chi connectivity index (χ3n) is 2.78. The Kier molecular flexibility index (Phi) is 5.22. The first-order valence-corrected chi connectivity index (χ1v) is 7.12. The van der Waals surface area contributed by atoms with Gasteiger partial charge in [0.05, 0.1) is 12.1 Å². The van der Waals surface area contributed by atoms with E-state index in [-0.39, 0.29) is 0 Å². The summed E-state index contributed by atoms with van der Waals surface area (Å²) in [4.78, 5) is 8.39. The molecule has 1 aromatic carbocycles. The predicted molar refractivity (Wildman–Crippen MR) is 86.6 cm³/mol. The maximum atomic E-state index is 6.10. The van der Waals surface area contributed by atoms with Crippen LogP contribution in [0.2, 0.25) is 5.02 Å². The van der Waals surface area contributed by atoms with Crippen molar-refractivity contribution < 1.29 is 4.74 Å². The molecule has 0 spiro atoms. The SMILES string of the molecule is COc1ccc(Nc2cc(NCC(C)C)ncn2)cc1Cl. The van der Waals surface area contributed by atoms with Crippen molar-refractivity contribution in [2.75, 3.05) is 24.3 Å². The Labute approximate surface area is 129 Å². The van der Waals surface area contributed by atoms with Crippen molar-refractivity contribution >= 4 is 28.9 Å². The van der Waals surface area contributed by atoms with Gasteiger partial charge in [0, 0.05) is 18.3 Å². The Bertz CT molecular complexity index is 604. The van der Waals surface area contributed by atoms with Crippen LogP contribution in [0, 0.1) is 5.92 Å². The van der Waals surface area contributed by atoms with Crippen LogP contribution in [-0.4, -0.2) is 23.6 Å². The number of aromatic nitrogens is 2. The van der Waals surface area contributed by atoms with Gasteiger partial charge in [0.15, 0.2) is 0 Å². The third kappa shape index (κ3) is 4.49. The Morgan fingerprint density at radius 3 is 2.62 bits per heavy atom. The standard InChI is InChI=1S/C15H19ClN4O/c1-10(2)8-17-14-7-15(19-9-18-14)20-11-4-5-13(21-3)12(16)6-11/h4-7,9-10H,8H2,1-3H3,(H2,17,18,19,20). The molecule has 0 radical (unpaired) electrons. The van der Waals surface area contributed by atoms with Crippen LogP contribution in [0.1, 0.15) is 13.8 Å². The van der Waals surface area contributed by atoms with Gasteiger partial charge in [0.2, 0.25) is 0 Å². The monoisotopic (exact) mass is 306 g/mol. The van der Waals surface area contributed by atoms with Crippen LogP contribution in [-0.2, 0) is 0 Å². The fraction of sp³-hybridized carbons (Fsp3) is 0.333. The zero-order valence-corrected chi connectivity index (χ0v) is 13.1. The van der Waals surface area contributed by atoms with Crippen molar-refractivity contribution in [2.45, 2.75) is 13.8 Å². The fourth-order valence-electron chi connectivity index (χ4n) is 1.72. The average Bonchev–Trinajstić information content (AvgIpc) is 2.46. The van der Waals surface area contributed by atoms with Gasteiger partial charge < -0.3 is 15.4 Å². The number of methoxy groups -OCH3 is 1. The first kappa shape index (κ1) is 15.4. The van der Waals surface area contributed by atoms with Crippen LogP contribution in [0.3, 0.4) is 0 Å². The molecule has 0 amide bonds. The van der Waals surface area contributed by atoms with Gasteiger partial charge in [-0.3, -0.25) is 0 Å². The maximum Gasteiger partial charge on any atom is 0.137 e. The van der Waals surface area contributed by atoms with E-state index in [4.69, 9.17) is 16.3 Å². The molecule has 0 saturated heterocycles. The molecule has 1 aromatic heterocycles. The highest BCUT2D eigenvalue weighted by atomic mass is 35.5. The molecule has 0 fully saturated rings. The number of benzene rings is 1. The number of anilines is 3. The van der Waals surface area contributed by atoms with Crippen molar-refractivity contribution in [1.82, 2.24) is 9.97 Å². The summed E-state index contributed by atoms with van der Waals surface area (Å²) in [6, 6.07) is 7.35. The molecule has 0 bridgehead atoms. The molecule has 0 saturated carbocycles. The Balaban J connectivity index is 2.08. The zero-order chi connectivity index (χ0) is 15.2. The van der Waals surface area contributed by atoms with Crippen molar-refractivity contribution in [3.05, 3.63) is 35.6 Å². The highest BCUT2D eigenvalue weighted by Gasteiger charge is 2.04. The van der Waals surface area contributed by atoms with Crippen LogP contribution < -0.4 is 15.4 Å². The molecule has 5 nitrogen and oxygen atoms in total. The Morgan fingerprint density at radius 1 is 1.19 bits per heavy atom. The molecule has 6 heteroatoms. The highest BCUT2D eigenvalue weighted by molar-refractivity contribution is 6.32. The molecule has 112 valence electrons. The summed E-state index contributed by atoms with van der Waals surface area (Å²) in [6.45, 7) is 5.16. The van der Waals surface area contributed by atoms with Crippen LogP contribution in [0.25, 0.3) is 0 Å². The van der Waals surface area contributed by atoms with Gasteiger partial charge in [-0.15, -0.1) is 0 Å². The van der Waals surface area contributed by atoms with Crippen LogP contribution >= 0.6 is 11.6 Å². The van der Waals surface area contributed by atoms with Crippen molar-refractivity contribution in [3.63, 3.8) is 0 Å². The number of halogens is 1. The van der Waals surface area contributed by atoms with E-state index in [0.29, 0.717) is 22.5 Å². The largest absolute Gasteiger partial charge is 0.495 e. The Hall–Kier alpha value is -2.01. The lowest BCUT2D eigenvalue weighted by Gasteiger charge is -2.11. The van der Waals surface area contributed by atoms with Gasteiger partial charge in [0.1, 0.15) is 23.7 Å². The summed E-state index contributed by atoms with van der Waals surface area (Å²) >= 11 is 6.10. The molecule has 21 heavy (non-hydrogen) atoms. The lowest BCUT2D eigenvalue weighted by atomic mass is 10.2. The second kappa shape index (κ2) is 7.13. The van der Waals surface area contributed by atoms with Crippen LogP contribution in [0.5, 0.6) is 5.75 Å². The minimum atomic E-state index is 0.551. The predicted octanol–water partition coefficient (Wildman–Crippen LogP) is 3.95. The summed E-state index contributed by atoms with van der Waals surface area (Å²) in [7, 11) is 1.59. The molecule has 0 aliphatic rings. The molecule has 0 aliphatic carbocycles. The summed E-state index contributed by atoms with van der Waals surface area (Å²) in [5.74, 6) is 2.69. The van der Waals surface area contributed by atoms with E-state index in [1.807, 2.05) is 18.2 Å². The smallest absolute Gasteiger partial charge is 0.137 e. The minimum Gasteiger partial charge on any atom is -0.495 e. The van der Waals surface area contributed by atoms with Crippen molar-refractivity contribution in [1.29, 1.82) is 0 Å². The van der Waals surface area contributed by atoms with E-state index in [1.165, 1.54) is 6.33 Å². The second-order valence-corrected chi connectivity index (χ2v) is 5.44. The highest BCUT2D eigenvalue weighted by Crippen LogP contribution is 2.28. The number of hydrogen-bond donors (Lipinski definition) is 2. The summed E-state index contributed by atoms with van der Waals surface area (Å²) in [5.41, 5.74) is 0.842. The van der Waals surface area contributed by atoms with E-state index in [2.05, 4.69) is 34.4 Å². The number of ether oxygens (including phenoxy) is 1. The first-order chi connectivity index (χ1) is 10.1. The molecule has 2 aromatic rings. The maximum absolute atomic E-state index is 6.10. The van der Waals surface area contributed by atoms with Gasteiger partial charge in [0.25, 0.3) is 0 Å². The third-order valence-corrected chi connectivity index (χ3v) is 3.08. The lowest BCUT2D eigenvalue weighted by molar-refractivity contribution is 0.415. The molecule has 2 rings (SSSR count). The van der Waals surface area contributed by atoms with Gasteiger partial charge in [-0.1, -0.05) is 25.4 Å². The van der Waals surface area contributed by atoms with Crippen molar-refractivity contribution in [3.8, 4) is 5.75 Å². The number of hydrogen-bond acceptors (Lipinski definition) is 5. The molecule has 0 unspecified atom stereocenters. The van der Waals surface area contributed by atoms with E-state index in [9.17, 15) is 0 Å². The van der Waals surface area contributed by atoms with E-state index >= 15 is 0 Å². The van der Waals surface area contributed by atoms with E-state index < -0.39 is 0 Å². The van der Waals surface area contributed by atoms with Crippen molar-refractivity contribution in [2.24, 2.45) is 5.92 Å². The van der Waals surface area contributed by atoms with Gasteiger partial charge in [-0.2, -0.15) is 0 Å². The molecule has 2 N–H and O–H groups in total. The summed E-state index contributed by atoms with van der Waals surface area (Å²) < 4.78 is 5.13. The Morgan fingerprint density at radius 2 is 1.95 bits per heavy atom. The van der Waals surface area contributed by atoms with Gasteiger partial charge in [-0.05, 0) is 24.1 Å². The number of nitrogens with zero attached hydrogens (tertiary/aromatic N) is 2. The van der Waals surface area contributed by atoms with E-state index in [1.54, 1.807) is 13.2 Å². The summed E-state index contributed by atoms with van der Waals surface area (Å²) in [5, 5.41) is 7.01. The quantitative estimate of drug-likeness (QED) is 0.846. The number of rotatable bonds is 6. The van der Waals surface area contributed by atoms with E-state index in [0.717, 1.165) is 18.1 Å². The average molecular weight is 307 g/mol. The molecule has 0 aliphatic heterocycles. The molecule has 1 heterocycles. The lowest BCUT2D eigenvalue weighted by Crippen LogP contribution is -2.09. The zero-order valence-electron chi connectivity index (χ0n) is 12.4. The van der Waals surface area contributed by atoms with Crippen LogP contribution in [0.15, 0.2) is 30.6 Å². The normalized spacial score (nSPS) is 10.5. The van der Waals surface area contributed by atoms with Gasteiger partial charge >= 0.3 is 0 Å². The fourth-order valence-corrected chi connectivity index (χ4v) is 1.98. The molecular weight excluding hydrogens is 288 g/mol. The number of nitrogens with one attached hydrogen (secondary N) is 2. The van der Waals surface area contributed by atoms with Crippen LogP contribution in [0.4, 0.5) is 17.3 Å².